The summed E-state index contributed by atoms with van der Waals surface area (Å²) in [4.78, 5) is 48.5. The SMILES string of the molecule is Nc1nc2nc[nH]c2c(=O)[nH]1.Nc1ncnc2c1=NC(=O)N=2. The highest BCUT2D eigenvalue weighted by atomic mass is 16.2. The van der Waals surface area contributed by atoms with Crippen LogP contribution in [-0.2, 0) is 0 Å². The predicted octanol–water partition coefficient (Wildman–Crippen LogP) is -2.34. The van der Waals surface area contributed by atoms with Gasteiger partial charge < -0.3 is 16.5 Å². The Morgan fingerprint density at radius 3 is 2.64 bits per heavy atom. The van der Waals surface area contributed by atoms with Gasteiger partial charge in [-0.1, -0.05) is 0 Å². The van der Waals surface area contributed by atoms with Crippen molar-refractivity contribution in [3.63, 3.8) is 0 Å². The molecule has 0 saturated carbocycles. The standard InChI is InChI=1S/C5H5N5O.C5H3N5O/c6-5-9-3-2(4(11)10-5)7-1-8-3;6-3-2-4(8-1-7-3)10-5(11)9-2/h1H,(H4,6,7,8,9,10,11);1H,(H2,6,7,8,10,11). The monoisotopic (exact) mass is 300 g/mol. The van der Waals surface area contributed by atoms with E-state index in [0.29, 0.717) is 11.2 Å². The molecule has 22 heavy (non-hydrogen) atoms. The van der Waals surface area contributed by atoms with Crippen LogP contribution in [-0.4, -0.2) is 35.9 Å². The minimum atomic E-state index is -0.577. The highest BCUT2D eigenvalue weighted by molar-refractivity contribution is 5.77. The van der Waals surface area contributed by atoms with Gasteiger partial charge in [0.1, 0.15) is 6.33 Å². The highest BCUT2D eigenvalue weighted by Crippen LogP contribution is 1.98. The van der Waals surface area contributed by atoms with Crippen LogP contribution in [0.4, 0.5) is 16.6 Å². The number of anilines is 2. The van der Waals surface area contributed by atoms with E-state index in [1.807, 2.05) is 0 Å². The van der Waals surface area contributed by atoms with Crippen molar-refractivity contribution < 1.29 is 4.79 Å². The summed E-state index contributed by atoms with van der Waals surface area (Å²) in [5, 5.41) is 0.275. The topological polar surface area (TPSA) is 194 Å². The molecule has 0 radical (unpaired) electrons. The summed E-state index contributed by atoms with van der Waals surface area (Å²) in [5.41, 5.74) is 11.3. The van der Waals surface area contributed by atoms with E-state index in [-0.39, 0.29) is 28.2 Å². The second kappa shape index (κ2) is 5.01. The number of nitrogens with two attached hydrogens (primary N) is 2. The van der Waals surface area contributed by atoms with Gasteiger partial charge in [-0.3, -0.25) is 9.78 Å². The van der Waals surface area contributed by atoms with Crippen LogP contribution in [0.15, 0.2) is 27.4 Å². The van der Waals surface area contributed by atoms with Crippen LogP contribution in [0.5, 0.6) is 0 Å². The van der Waals surface area contributed by atoms with E-state index in [9.17, 15) is 9.59 Å². The van der Waals surface area contributed by atoms with E-state index >= 15 is 0 Å². The molecule has 0 aromatic carbocycles. The van der Waals surface area contributed by atoms with Crippen molar-refractivity contribution in [3.05, 3.63) is 33.9 Å². The summed E-state index contributed by atoms with van der Waals surface area (Å²) in [6.45, 7) is 0. The van der Waals surface area contributed by atoms with Crippen LogP contribution in [0.2, 0.25) is 0 Å². The Labute approximate surface area is 120 Å². The van der Waals surface area contributed by atoms with Crippen molar-refractivity contribution in [2.75, 3.05) is 11.5 Å². The summed E-state index contributed by atoms with van der Waals surface area (Å²) >= 11 is 0. The molecule has 0 saturated heterocycles. The van der Waals surface area contributed by atoms with E-state index in [4.69, 9.17) is 11.5 Å². The van der Waals surface area contributed by atoms with Gasteiger partial charge in [-0.05, 0) is 0 Å². The zero-order valence-corrected chi connectivity index (χ0v) is 10.8. The lowest BCUT2D eigenvalue weighted by atomic mass is 10.5. The molecular weight excluding hydrogens is 292 g/mol. The molecule has 0 bridgehead atoms. The van der Waals surface area contributed by atoms with Gasteiger partial charge in [0.05, 0.1) is 6.33 Å². The second-order valence-electron chi connectivity index (χ2n) is 3.99. The van der Waals surface area contributed by atoms with Crippen LogP contribution in [0.1, 0.15) is 0 Å². The van der Waals surface area contributed by atoms with Gasteiger partial charge in [-0.15, -0.1) is 0 Å². The lowest BCUT2D eigenvalue weighted by Crippen LogP contribution is -2.29. The number of aromatic amines is 2. The number of nitrogen functional groups attached to an aromatic ring is 2. The Morgan fingerprint density at radius 1 is 1.05 bits per heavy atom. The number of nitrogens with zero attached hydrogens (tertiary/aromatic N) is 6. The van der Waals surface area contributed by atoms with Gasteiger partial charge in [0, 0.05) is 0 Å². The fourth-order valence-corrected chi connectivity index (χ4v) is 1.64. The van der Waals surface area contributed by atoms with E-state index in [1.165, 1.54) is 12.7 Å². The van der Waals surface area contributed by atoms with Crippen LogP contribution < -0.4 is 27.9 Å². The largest absolute Gasteiger partial charge is 0.382 e. The molecule has 110 valence electrons. The van der Waals surface area contributed by atoms with Crippen LogP contribution >= 0.6 is 0 Å². The van der Waals surface area contributed by atoms with Crippen LogP contribution in [0.25, 0.3) is 11.2 Å². The fourth-order valence-electron chi connectivity index (χ4n) is 1.64. The molecule has 12 nitrogen and oxygen atoms in total. The van der Waals surface area contributed by atoms with Gasteiger partial charge in [0.25, 0.3) is 5.56 Å². The number of carbonyl (C=O) groups is 1. The second-order valence-corrected chi connectivity index (χ2v) is 3.99. The zero-order chi connectivity index (χ0) is 15.7. The van der Waals surface area contributed by atoms with E-state index in [0.717, 1.165) is 0 Å². The smallest absolute Gasteiger partial charge is 0.369 e. The Balaban J connectivity index is 0.000000131. The van der Waals surface area contributed by atoms with Crippen molar-refractivity contribution in [2.45, 2.75) is 0 Å². The third-order valence-electron chi connectivity index (χ3n) is 2.55. The molecule has 2 amide bonds. The fraction of sp³-hybridized carbons (Fsp3) is 0. The Bertz CT molecular complexity index is 1050. The summed E-state index contributed by atoms with van der Waals surface area (Å²) < 4.78 is 0. The number of imidazole rings is 1. The number of nitrogens with one attached hydrogen (secondary N) is 2. The minimum Gasteiger partial charge on any atom is -0.382 e. The Kier molecular flexibility index (Phi) is 3.02. The average Bonchev–Trinajstić information content (AvgIpc) is 3.06. The van der Waals surface area contributed by atoms with Crippen LogP contribution in [0.3, 0.4) is 0 Å². The van der Waals surface area contributed by atoms with Gasteiger partial charge in [0.2, 0.25) is 5.95 Å². The molecule has 12 heteroatoms. The number of H-pyrrole nitrogens is 2. The summed E-state index contributed by atoms with van der Waals surface area (Å²) in [6, 6.07) is -0.577. The molecule has 6 N–H and O–H groups in total. The molecule has 3 aromatic heterocycles. The molecule has 0 aliphatic carbocycles. The zero-order valence-electron chi connectivity index (χ0n) is 10.8. The molecule has 4 heterocycles. The number of amides is 2. The van der Waals surface area contributed by atoms with Crippen molar-refractivity contribution in [1.29, 1.82) is 0 Å². The number of hydrogen-bond acceptors (Lipinski definition) is 8. The van der Waals surface area contributed by atoms with Crippen molar-refractivity contribution in [2.24, 2.45) is 9.98 Å². The van der Waals surface area contributed by atoms with Crippen molar-refractivity contribution in [1.82, 2.24) is 29.9 Å². The predicted molar refractivity (Wildman–Crippen MR) is 73.1 cm³/mol. The van der Waals surface area contributed by atoms with Crippen molar-refractivity contribution >= 4 is 29.0 Å². The van der Waals surface area contributed by atoms with Crippen molar-refractivity contribution in [3.8, 4) is 0 Å². The molecule has 0 fully saturated rings. The quantitative estimate of drug-likeness (QED) is 0.354. The molecule has 4 rings (SSSR count). The Morgan fingerprint density at radius 2 is 1.86 bits per heavy atom. The van der Waals surface area contributed by atoms with E-state index in [1.54, 1.807) is 0 Å². The van der Waals surface area contributed by atoms with E-state index in [2.05, 4.69) is 39.9 Å². The molecule has 3 aromatic rings. The molecule has 1 aliphatic rings. The normalized spacial score (nSPS) is 12.1. The van der Waals surface area contributed by atoms with Crippen LogP contribution in [0, 0.1) is 0 Å². The summed E-state index contributed by atoms with van der Waals surface area (Å²) in [7, 11) is 0. The number of fused-ring (bicyclic) bond motifs is 2. The first-order chi connectivity index (χ1) is 10.5. The lowest BCUT2D eigenvalue weighted by Gasteiger charge is -1.89. The third-order valence-corrected chi connectivity index (χ3v) is 2.55. The van der Waals surface area contributed by atoms with Gasteiger partial charge in [0.15, 0.2) is 27.8 Å². The average molecular weight is 300 g/mol. The van der Waals surface area contributed by atoms with Gasteiger partial charge in [-0.2, -0.15) is 15.0 Å². The first-order valence-corrected chi connectivity index (χ1v) is 5.81. The maximum absolute atomic E-state index is 11.0. The third kappa shape index (κ3) is 2.35. The maximum Gasteiger partial charge on any atom is 0.369 e. The molecule has 0 unspecified atom stereocenters. The first kappa shape index (κ1) is 13.3. The number of urea groups is 1. The Hall–Kier alpha value is -3.70. The molecule has 0 atom stereocenters. The summed E-state index contributed by atoms with van der Waals surface area (Å²) in [5.74, 6) is 0.263. The summed E-state index contributed by atoms with van der Waals surface area (Å²) in [6.07, 6.45) is 2.64. The van der Waals surface area contributed by atoms with Gasteiger partial charge >= 0.3 is 6.03 Å². The number of aromatic nitrogens is 6. The highest BCUT2D eigenvalue weighted by Gasteiger charge is 2.07. The van der Waals surface area contributed by atoms with E-state index < -0.39 is 6.03 Å². The number of rotatable bonds is 0. The number of carbonyl (C=O) groups excluding carboxylic acids is 1. The van der Waals surface area contributed by atoms with Gasteiger partial charge in [-0.25, -0.2) is 19.7 Å². The molecule has 0 spiro atoms. The lowest BCUT2D eigenvalue weighted by molar-refractivity contribution is 0.256. The first-order valence-electron chi connectivity index (χ1n) is 5.81. The minimum absolute atomic E-state index is 0.0783. The maximum atomic E-state index is 11.0. The molecular formula is C10H8N10O2. The number of hydrogen-bond donors (Lipinski definition) is 4. The molecule has 1 aliphatic heterocycles.